The van der Waals surface area contributed by atoms with Crippen LogP contribution in [0.4, 0.5) is 0 Å². The molecule has 1 aliphatic heterocycles. The van der Waals surface area contributed by atoms with E-state index in [1.54, 1.807) is 18.3 Å². The molecule has 0 aliphatic carbocycles. The molecule has 0 saturated carbocycles. The van der Waals surface area contributed by atoms with Gasteiger partial charge in [-0.05, 0) is 18.4 Å². The molecule has 0 N–H and O–H groups in total. The number of carbonyl (C=O) groups excluding carboxylic acids is 1. The van der Waals surface area contributed by atoms with E-state index >= 15 is 0 Å². The van der Waals surface area contributed by atoms with Gasteiger partial charge >= 0.3 is 5.97 Å². The quantitative estimate of drug-likeness (QED) is 0.738. The molecule has 1 aliphatic rings. The summed E-state index contributed by atoms with van der Waals surface area (Å²) in [7, 11) is 0. The lowest BCUT2D eigenvalue weighted by atomic mass is 10.4. The molecular weight excluding hydrogens is 248 g/mol. The zero-order valence-corrected chi connectivity index (χ0v) is 10.5. The lowest BCUT2D eigenvalue weighted by Crippen LogP contribution is -2.36. The molecule has 2 rings (SSSR count). The van der Waals surface area contributed by atoms with Gasteiger partial charge in [0.15, 0.2) is 0 Å². The SMILES string of the molecule is CCOC(=O)CN1C=c2ccsc2=NC1.Cl. The first-order chi connectivity index (χ1) is 7.29. The van der Waals surface area contributed by atoms with Crippen LogP contribution in [0.1, 0.15) is 6.92 Å². The summed E-state index contributed by atoms with van der Waals surface area (Å²) in [5.41, 5.74) is 0. The first-order valence-corrected chi connectivity index (χ1v) is 5.67. The van der Waals surface area contributed by atoms with Crippen molar-refractivity contribution < 1.29 is 9.53 Å². The van der Waals surface area contributed by atoms with Crippen LogP contribution < -0.4 is 9.89 Å². The summed E-state index contributed by atoms with van der Waals surface area (Å²) < 4.78 is 5.91. The van der Waals surface area contributed by atoms with Crippen LogP contribution in [0.25, 0.3) is 6.20 Å². The lowest BCUT2D eigenvalue weighted by Gasteiger charge is -2.18. The molecule has 2 heterocycles. The van der Waals surface area contributed by atoms with Crippen LogP contribution in [0, 0.1) is 0 Å². The largest absolute Gasteiger partial charge is 0.465 e. The van der Waals surface area contributed by atoms with Crippen molar-refractivity contribution in [3.05, 3.63) is 21.3 Å². The second-order valence-corrected chi connectivity index (χ2v) is 4.06. The van der Waals surface area contributed by atoms with E-state index in [0.29, 0.717) is 13.3 Å². The standard InChI is InChI=1S/C10H12N2O2S.ClH/c1-2-14-9(13)6-12-5-8-3-4-15-10(8)11-7-12;/h3-5H,2,6-7H2,1H3;1H. The second kappa shape index (κ2) is 5.86. The zero-order chi connectivity index (χ0) is 10.7. The van der Waals surface area contributed by atoms with E-state index in [0.717, 1.165) is 9.89 Å². The van der Waals surface area contributed by atoms with Crippen LogP contribution in [0.15, 0.2) is 16.4 Å². The van der Waals surface area contributed by atoms with Crippen molar-refractivity contribution in [3.63, 3.8) is 0 Å². The minimum Gasteiger partial charge on any atom is -0.465 e. The maximum atomic E-state index is 11.2. The molecular formula is C10H13ClN2O2S. The predicted molar refractivity (Wildman–Crippen MR) is 65.0 cm³/mol. The topological polar surface area (TPSA) is 41.9 Å². The molecule has 4 nitrogen and oxygen atoms in total. The van der Waals surface area contributed by atoms with E-state index in [2.05, 4.69) is 4.99 Å². The molecule has 0 unspecified atom stereocenters. The number of nitrogens with zero attached hydrogens (tertiary/aromatic N) is 2. The molecule has 0 fully saturated rings. The molecule has 0 amide bonds. The maximum Gasteiger partial charge on any atom is 0.325 e. The lowest BCUT2D eigenvalue weighted by molar-refractivity contribution is -0.143. The maximum absolute atomic E-state index is 11.2. The molecule has 0 saturated heterocycles. The number of halogens is 1. The van der Waals surface area contributed by atoms with Crippen LogP contribution in [0.3, 0.4) is 0 Å². The van der Waals surface area contributed by atoms with Gasteiger partial charge in [0.2, 0.25) is 0 Å². The number of esters is 1. The van der Waals surface area contributed by atoms with E-state index < -0.39 is 0 Å². The van der Waals surface area contributed by atoms with Gasteiger partial charge in [0.1, 0.15) is 17.9 Å². The monoisotopic (exact) mass is 260 g/mol. The third-order valence-electron chi connectivity index (χ3n) is 2.03. The third-order valence-corrected chi connectivity index (χ3v) is 2.89. The van der Waals surface area contributed by atoms with Gasteiger partial charge in [0.05, 0.1) is 6.61 Å². The van der Waals surface area contributed by atoms with Crippen LogP contribution in [-0.4, -0.2) is 30.7 Å². The molecule has 0 aromatic carbocycles. The molecule has 88 valence electrons. The van der Waals surface area contributed by atoms with Crippen molar-refractivity contribution in [3.8, 4) is 0 Å². The van der Waals surface area contributed by atoms with Gasteiger partial charge in [-0.2, -0.15) is 0 Å². The summed E-state index contributed by atoms with van der Waals surface area (Å²) >= 11 is 1.62. The normalized spacial score (nSPS) is 12.9. The summed E-state index contributed by atoms with van der Waals surface area (Å²) in [6.45, 7) is 3.03. The van der Waals surface area contributed by atoms with E-state index in [1.807, 2.05) is 22.5 Å². The average molecular weight is 261 g/mol. The van der Waals surface area contributed by atoms with Crippen molar-refractivity contribution >= 4 is 35.9 Å². The smallest absolute Gasteiger partial charge is 0.325 e. The highest BCUT2D eigenvalue weighted by molar-refractivity contribution is 7.07. The van der Waals surface area contributed by atoms with Gasteiger partial charge in [0, 0.05) is 11.4 Å². The van der Waals surface area contributed by atoms with E-state index in [9.17, 15) is 4.79 Å². The second-order valence-electron chi connectivity index (χ2n) is 3.16. The van der Waals surface area contributed by atoms with Crippen molar-refractivity contribution in [2.45, 2.75) is 6.92 Å². The van der Waals surface area contributed by atoms with Gasteiger partial charge in [-0.3, -0.25) is 9.79 Å². The number of thiophene rings is 1. The zero-order valence-electron chi connectivity index (χ0n) is 8.88. The average Bonchev–Trinajstić information content (AvgIpc) is 2.65. The Morgan fingerprint density at radius 2 is 2.50 bits per heavy atom. The summed E-state index contributed by atoms with van der Waals surface area (Å²) in [4.78, 5) is 17.4. The minimum atomic E-state index is -0.206. The fraction of sp³-hybridized carbons (Fsp3) is 0.400. The van der Waals surface area contributed by atoms with Crippen LogP contribution in [-0.2, 0) is 9.53 Å². The summed E-state index contributed by atoms with van der Waals surface area (Å²) in [5, 5.41) is 3.08. The highest BCUT2D eigenvalue weighted by Crippen LogP contribution is 1.96. The van der Waals surface area contributed by atoms with Crippen molar-refractivity contribution in [2.24, 2.45) is 4.99 Å². The van der Waals surface area contributed by atoms with Crippen LogP contribution in [0.5, 0.6) is 0 Å². The Kier molecular flexibility index (Phi) is 4.76. The Morgan fingerprint density at radius 3 is 3.25 bits per heavy atom. The molecule has 0 radical (unpaired) electrons. The molecule has 1 aromatic rings. The van der Waals surface area contributed by atoms with Crippen molar-refractivity contribution in [2.75, 3.05) is 19.8 Å². The van der Waals surface area contributed by atoms with Gasteiger partial charge in [-0.1, -0.05) is 0 Å². The number of hydrogen-bond acceptors (Lipinski definition) is 5. The first-order valence-electron chi connectivity index (χ1n) is 4.79. The van der Waals surface area contributed by atoms with Crippen molar-refractivity contribution in [1.29, 1.82) is 0 Å². The van der Waals surface area contributed by atoms with E-state index in [1.165, 1.54) is 0 Å². The van der Waals surface area contributed by atoms with E-state index in [-0.39, 0.29) is 24.9 Å². The molecule has 0 spiro atoms. The fourth-order valence-corrected chi connectivity index (χ4v) is 2.13. The Morgan fingerprint density at radius 1 is 1.69 bits per heavy atom. The highest BCUT2D eigenvalue weighted by atomic mass is 35.5. The Balaban J connectivity index is 0.00000128. The van der Waals surface area contributed by atoms with Gasteiger partial charge in [-0.15, -0.1) is 23.7 Å². The van der Waals surface area contributed by atoms with Gasteiger partial charge in [-0.25, -0.2) is 0 Å². The van der Waals surface area contributed by atoms with E-state index in [4.69, 9.17) is 4.74 Å². The summed E-state index contributed by atoms with van der Waals surface area (Å²) in [6, 6.07) is 2.00. The fourth-order valence-electron chi connectivity index (χ4n) is 1.40. The van der Waals surface area contributed by atoms with Gasteiger partial charge in [0.25, 0.3) is 0 Å². The van der Waals surface area contributed by atoms with Crippen LogP contribution >= 0.6 is 23.7 Å². The van der Waals surface area contributed by atoms with Gasteiger partial charge < -0.3 is 9.64 Å². The molecule has 1 aromatic heterocycles. The Hall–Kier alpha value is -1.07. The van der Waals surface area contributed by atoms with Crippen molar-refractivity contribution in [1.82, 2.24) is 4.90 Å². The first kappa shape index (κ1) is 13.0. The Labute approximate surface area is 104 Å². The predicted octanol–water partition coefficient (Wildman–Crippen LogP) is 0.364. The molecule has 6 heteroatoms. The number of fused-ring (bicyclic) bond motifs is 1. The minimum absolute atomic E-state index is 0. The third kappa shape index (κ3) is 2.96. The Bertz CT molecular complexity index is 471. The molecule has 16 heavy (non-hydrogen) atoms. The number of hydrogen-bond donors (Lipinski definition) is 0. The molecule has 0 atom stereocenters. The number of carbonyl (C=O) groups is 1. The summed E-state index contributed by atoms with van der Waals surface area (Å²) in [5.74, 6) is -0.206. The van der Waals surface area contributed by atoms with Crippen LogP contribution in [0.2, 0.25) is 0 Å². The highest BCUT2D eigenvalue weighted by Gasteiger charge is 2.09. The number of ether oxygens (including phenoxy) is 1. The number of rotatable bonds is 3. The molecule has 0 bridgehead atoms. The summed E-state index contributed by atoms with van der Waals surface area (Å²) in [6.07, 6.45) is 1.95.